The SMILES string of the molecule is CC(=O)N1c2ccc(C(=O)NC[C@H](C)O)cc2C(Nc2ncc(Cl)cn2)C(C)C1C. The summed E-state index contributed by atoms with van der Waals surface area (Å²) in [5.74, 6) is 0.0648. The normalized spacial score (nSPS) is 21.5. The molecule has 1 aliphatic rings. The van der Waals surface area contributed by atoms with Gasteiger partial charge >= 0.3 is 0 Å². The number of aliphatic hydroxyl groups excluding tert-OH is 1. The summed E-state index contributed by atoms with van der Waals surface area (Å²) in [7, 11) is 0. The van der Waals surface area contributed by atoms with E-state index in [2.05, 4.69) is 20.6 Å². The topological polar surface area (TPSA) is 107 Å². The molecule has 0 fully saturated rings. The number of aromatic nitrogens is 2. The van der Waals surface area contributed by atoms with Crippen molar-refractivity contribution >= 4 is 35.1 Å². The van der Waals surface area contributed by atoms with Gasteiger partial charge in [0.15, 0.2) is 0 Å². The average Bonchev–Trinajstić information content (AvgIpc) is 2.70. The van der Waals surface area contributed by atoms with Gasteiger partial charge < -0.3 is 20.6 Å². The maximum absolute atomic E-state index is 12.5. The van der Waals surface area contributed by atoms with Crippen molar-refractivity contribution in [3.05, 3.63) is 46.7 Å². The largest absolute Gasteiger partial charge is 0.392 e. The van der Waals surface area contributed by atoms with Gasteiger partial charge in [-0.05, 0) is 37.6 Å². The third kappa shape index (κ3) is 4.55. The zero-order chi connectivity index (χ0) is 22.0. The van der Waals surface area contributed by atoms with Crippen LogP contribution in [0.5, 0.6) is 0 Å². The molecule has 8 nitrogen and oxygen atoms in total. The van der Waals surface area contributed by atoms with Crippen LogP contribution in [0.25, 0.3) is 0 Å². The third-order valence-corrected chi connectivity index (χ3v) is 5.58. The molecule has 2 aromatic rings. The summed E-state index contributed by atoms with van der Waals surface area (Å²) in [6, 6.07) is 4.95. The van der Waals surface area contributed by atoms with Crippen molar-refractivity contribution in [1.29, 1.82) is 0 Å². The maximum atomic E-state index is 12.5. The van der Waals surface area contributed by atoms with Crippen LogP contribution >= 0.6 is 11.6 Å². The molecule has 1 aromatic carbocycles. The maximum Gasteiger partial charge on any atom is 0.251 e. The van der Waals surface area contributed by atoms with Crippen molar-refractivity contribution in [2.24, 2.45) is 5.92 Å². The van der Waals surface area contributed by atoms with Crippen molar-refractivity contribution in [3.63, 3.8) is 0 Å². The monoisotopic (exact) mass is 431 g/mol. The molecular formula is C21H26ClN5O3. The highest BCUT2D eigenvalue weighted by Gasteiger charge is 2.38. The third-order valence-electron chi connectivity index (χ3n) is 5.38. The molecule has 0 spiro atoms. The fraction of sp³-hybridized carbons (Fsp3) is 0.429. The fourth-order valence-corrected chi connectivity index (χ4v) is 3.81. The van der Waals surface area contributed by atoms with Gasteiger partial charge in [-0.3, -0.25) is 9.59 Å². The molecule has 0 radical (unpaired) electrons. The predicted molar refractivity (Wildman–Crippen MR) is 116 cm³/mol. The first kappa shape index (κ1) is 22.0. The molecule has 30 heavy (non-hydrogen) atoms. The first-order chi connectivity index (χ1) is 14.2. The molecular weight excluding hydrogens is 406 g/mol. The zero-order valence-electron chi connectivity index (χ0n) is 17.4. The van der Waals surface area contributed by atoms with E-state index in [9.17, 15) is 14.7 Å². The van der Waals surface area contributed by atoms with E-state index >= 15 is 0 Å². The number of aliphatic hydroxyl groups is 1. The molecule has 0 aliphatic carbocycles. The number of fused-ring (bicyclic) bond motifs is 1. The van der Waals surface area contributed by atoms with E-state index in [0.717, 1.165) is 11.3 Å². The minimum absolute atomic E-state index is 0.0106. The molecule has 2 heterocycles. The lowest BCUT2D eigenvalue weighted by Crippen LogP contribution is -2.48. The number of benzene rings is 1. The number of nitrogens with one attached hydrogen (secondary N) is 2. The van der Waals surface area contributed by atoms with Crippen LogP contribution in [0.4, 0.5) is 11.6 Å². The van der Waals surface area contributed by atoms with E-state index < -0.39 is 6.10 Å². The van der Waals surface area contributed by atoms with E-state index in [1.165, 1.54) is 19.3 Å². The Balaban J connectivity index is 2.02. The van der Waals surface area contributed by atoms with Gasteiger partial charge in [0.2, 0.25) is 11.9 Å². The van der Waals surface area contributed by atoms with Crippen molar-refractivity contribution in [3.8, 4) is 0 Å². The van der Waals surface area contributed by atoms with Crippen molar-refractivity contribution in [1.82, 2.24) is 15.3 Å². The second-order valence-corrected chi connectivity index (χ2v) is 8.10. The summed E-state index contributed by atoms with van der Waals surface area (Å²) in [6.45, 7) is 7.33. The van der Waals surface area contributed by atoms with Gasteiger partial charge in [0.1, 0.15) is 0 Å². The molecule has 4 atom stereocenters. The van der Waals surface area contributed by atoms with Gasteiger partial charge in [-0.1, -0.05) is 18.5 Å². The fourth-order valence-electron chi connectivity index (χ4n) is 3.71. The summed E-state index contributed by atoms with van der Waals surface area (Å²) in [5, 5.41) is 15.9. The summed E-state index contributed by atoms with van der Waals surface area (Å²) in [4.78, 5) is 35.1. The Morgan fingerprint density at radius 2 is 1.93 bits per heavy atom. The first-order valence-electron chi connectivity index (χ1n) is 9.83. The van der Waals surface area contributed by atoms with Gasteiger partial charge in [0, 0.05) is 36.7 Å². The predicted octanol–water partition coefficient (Wildman–Crippen LogP) is 2.78. The van der Waals surface area contributed by atoms with Gasteiger partial charge in [-0.25, -0.2) is 9.97 Å². The highest BCUT2D eigenvalue weighted by molar-refractivity contribution is 6.30. The molecule has 3 rings (SSSR count). The number of amides is 2. The number of carbonyl (C=O) groups is 2. The van der Waals surface area contributed by atoms with Crippen LogP contribution in [-0.2, 0) is 4.79 Å². The van der Waals surface area contributed by atoms with Crippen molar-refractivity contribution < 1.29 is 14.7 Å². The molecule has 2 amide bonds. The summed E-state index contributed by atoms with van der Waals surface area (Å²) in [5.41, 5.74) is 1.99. The Bertz CT molecular complexity index is 935. The number of halogens is 1. The van der Waals surface area contributed by atoms with Crippen LogP contribution in [0.3, 0.4) is 0 Å². The Morgan fingerprint density at radius 1 is 1.27 bits per heavy atom. The smallest absolute Gasteiger partial charge is 0.251 e. The van der Waals surface area contributed by atoms with Gasteiger partial charge in [0.25, 0.3) is 5.91 Å². The second-order valence-electron chi connectivity index (χ2n) is 7.67. The minimum Gasteiger partial charge on any atom is -0.392 e. The zero-order valence-corrected chi connectivity index (χ0v) is 18.1. The molecule has 1 aromatic heterocycles. The molecule has 0 saturated carbocycles. The Labute approximate surface area is 180 Å². The van der Waals surface area contributed by atoms with Gasteiger partial charge in [0.05, 0.1) is 29.6 Å². The molecule has 1 aliphatic heterocycles. The quantitative estimate of drug-likeness (QED) is 0.671. The molecule has 3 N–H and O–H groups in total. The van der Waals surface area contributed by atoms with E-state index in [-0.39, 0.29) is 36.4 Å². The molecule has 9 heteroatoms. The molecule has 160 valence electrons. The lowest BCUT2D eigenvalue weighted by atomic mass is 9.82. The molecule has 0 saturated heterocycles. The van der Waals surface area contributed by atoms with E-state index in [1.54, 1.807) is 30.0 Å². The Kier molecular flexibility index (Phi) is 6.58. The summed E-state index contributed by atoms with van der Waals surface area (Å²) >= 11 is 5.89. The Morgan fingerprint density at radius 3 is 2.53 bits per heavy atom. The second kappa shape index (κ2) is 8.97. The number of hydrogen-bond donors (Lipinski definition) is 3. The molecule has 0 bridgehead atoms. The average molecular weight is 432 g/mol. The number of hydrogen-bond acceptors (Lipinski definition) is 6. The van der Waals surface area contributed by atoms with Gasteiger partial charge in [-0.2, -0.15) is 0 Å². The van der Waals surface area contributed by atoms with Crippen LogP contribution in [0.2, 0.25) is 5.02 Å². The lowest BCUT2D eigenvalue weighted by molar-refractivity contribution is -0.117. The minimum atomic E-state index is -0.642. The van der Waals surface area contributed by atoms with Crippen LogP contribution in [-0.4, -0.2) is 45.6 Å². The lowest BCUT2D eigenvalue weighted by Gasteiger charge is -2.44. The van der Waals surface area contributed by atoms with Crippen LogP contribution in [0.15, 0.2) is 30.6 Å². The van der Waals surface area contributed by atoms with E-state index in [0.29, 0.717) is 16.5 Å². The highest BCUT2D eigenvalue weighted by Crippen LogP contribution is 2.42. The Hall–Kier alpha value is -2.71. The number of carbonyl (C=O) groups excluding carboxylic acids is 2. The first-order valence-corrected chi connectivity index (χ1v) is 10.2. The van der Waals surface area contributed by atoms with E-state index in [1.807, 2.05) is 13.8 Å². The van der Waals surface area contributed by atoms with Crippen LogP contribution < -0.4 is 15.5 Å². The number of anilines is 2. The number of rotatable bonds is 5. The van der Waals surface area contributed by atoms with E-state index in [4.69, 9.17) is 11.6 Å². The van der Waals surface area contributed by atoms with Crippen LogP contribution in [0.1, 0.15) is 49.7 Å². The summed E-state index contributed by atoms with van der Waals surface area (Å²) in [6.07, 6.45) is 2.38. The van der Waals surface area contributed by atoms with Crippen molar-refractivity contribution in [2.75, 3.05) is 16.8 Å². The molecule has 3 unspecified atom stereocenters. The van der Waals surface area contributed by atoms with Crippen LogP contribution in [0, 0.1) is 5.92 Å². The van der Waals surface area contributed by atoms with Gasteiger partial charge in [-0.15, -0.1) is 0 Å². The highest BCUT2D eigenvalue weighted by atomic mass is 35.5. The number of nitrogens with zero attached hydrogens (tertiary/aromatic N) is 3. The standard InChI is InChI=1S/C21H26ClN5O3/c1-11(28)8-23-20(30)15-5-6-18-17(7-15)19(12(2)13(3)27(18)14(4)29)26-21-24-9-16(22)10-25-21/h5-7,9-13,19,28H,8H2,1-4H3,(H,23,30)(H,24,25,26)/t11-,12?,13?,19?/m0/s1. The van der Waals surface area contributed by atoms with Crippen molar-refractivity contribution in [2.45, 2.75) is 45.9 Å². The summed E-state index contributed by atoms with van der Waals surface area (Å²) < 4.78 is 0.